The van der Waals surface area contributed by atoms with Gasteiger partial charge in [-0.1, -0.05) is 36.7 Å². The molecule has 0 amide bonds. The van der Waals surface area contributed by atoms with Crippen molar-refractivity contribution in [3.8, 4) is 0 Å². The van der Waals surface area contributed by atoms with E-state index in [2.05, 4.69) is 36.1 Å². The minimum atomic E-state index is 0.439. The Hall–Kier alpha value is -1.18. The van der Waals surface area contributed by atoms with Crippen molar-refractivity contribution in [2.24, 2.45) is 0 Å². The van der Waals surface area contributed by atoms with Crippen LogP contribution in [0.15, 0.2) is 42.5 Å². The molecule has 0 aromatic heterocycles. The smallest absolute Gasteiger partial charge is 0.0488 e. The van der Waals surface area contributed by atoms with Crippen LogP contribution in [0.3, 0.4) is 0 Å². The van der Waals surface area contributed by atoms with Crippen LogP contribution < -0.4 is 4.90 Å². The molecule has 19 heavy (non-hydrogen) atoms. The number of rotatable bonds is 4. The highest BCUT2D eigenvalue weighted by atomic mass is 35.5. The number of nitrogens with zero attached hydrogens (tertiary/aromatic N) is 1. The van der Waals surface area contributed by atoms with Gasteiger partial charge in [-0.15, -0.1) is 11.6 Å². The molecule has 0 saturated heterocycles. The molecule has 2 rings (SSSR count). The number of hydrogen-bond acceptors (Lipinski definition) is 1. The van der Waals surface area contributed by atoms with Crippen LogP contribution in [0.25, 0.3) is 0 Å². The lowest BCUT2D eigenvalue weighted by atomic mass is 10.1. The first-order valence-corrected chi connectivity index (χ1v) is 7.24. The van der Waals surface area contributed by atoms with Crippen LogP contribution in [0.4, 0.5) is 11.4 Å². The first-order valence-electron chi connectivity index (χ1n) is 6.32. The zero-order chi connectivity index (χ0) is 13.8. The molecule has 3 heteroatoms. The van der Waals surface area contributed by atoms with Crippen LogP contribution in [0.5, 0.6) is 0 Å². The van der Waals surface area contributed by atoms with Crippen LogP contribution in [0.1, 0.15) is 18.1 Å². The van der Waals surface area contributed by atoms with Crippen molar-refractivity contribution < 1.29 is 0 Å². The van der Waals surface area contributed by atoms with Crippen LogP contribution in [0, 0.1) is 0 Å². The summed E-state index contributed by atoms with van der Waals surface area (Å²) in [6.45, 7) is 2.16. The number of halogens is 2. The third-order valence-electron chi connectivity index (χ3n) is 3.30. The van der Waals surface area contributed by atoms with Gasteiger partial charge < -0.3 is 4.90 Å². The second kappa shape index (κ2) is 6.31. The Morgan fingerprint density at radius 3 is 2.16 bits per heavy atom. The van der Waals surface area contributed by atoms with Gasteiger partial charge >= 0.3 is 0 Å². The maximum Gasteiger partial charge on any atom is 0.0488 e. The number of hydrogen-bond donors (Lipinski definition) is 0. The summed E-state index contributed by atoms with van der Waals surface area (Å²) in [4.78, 5) is 2.11. The second-order valence-corrected chi connectivity index (χ2v) is 5.16. The predicted molar refractivity (Wildman–Crippen MR) is 84.9 cm³/mol. The molecule has 0 heterocycles. The van der Waals surface area contributed by atoms with E-state index in [9.17, 15) is 0 Å². The van der Waals surface area contributed by atoms with Crippen LogP contribution in [-0.4, -0.2) is 7.05 Å². The van der Waals surface area contributed by atoms with Gasteiger partial charge in [0.1, 0.15) is 0 Å². The van der Waals surface area contributed by atoms with Crippen molar-refractivity contribution in [2.75, 3.05) is 11.9 Å². The van der Waals surface area contributed by atoms with Crippen molar-refractivity contribution in [2.45, 2.75) is 19.2 Å². The van der Waals surface area contributed by atoms with Crippen molar-refractivity contribution in [1.82, 2.24) is 0 Å². The maximum absolute atomic E-state index is 6.20. The molecule has 0 aliphatic carbocycles. The highest BCUT2D eigenvalue weighted by Gasteiger charge is 2.06. The number of benzene rings is 2. The highest BCUT2D eigenvalue weighted by Crippen LogP contribution is 2.29. The molecule has 0 N–H and O–H groups in total. The molecule has 0 unspecified atom stereocenters. The molecule has 100 valence electrons. The minimum absolute atomic E-state index is 0.439. The van der Waals surface area contributed by atoms with E-state index in [0.717, 1.165) is 23.4 Å². The molecule has 0 bridgehead atoms. The fraction of sp³-hybridized carbons (Fsp3) is 0.250. The lowest BCUT2D eigenvalue weighted by Gasteiger charge is -2.20. The molecule has 0 fully saturated rings. The zero-order valence-corrected chi connectivity index (χ0v) is 12.7. The van der Waals surface area contributed by atoms with Crippen molar-refractivity contribution in [1.29, 1.82) is 0 Å². The third-order valence-corrected chi connectivity index (χ3v) is 3.94. The Labute approximate surface area is 124 Å². The van der Waals surface area contributed by atoms with Gasteiger partial charge in [-0.05, 0) is 41.8 Å². The van der Waals surface area contributed by atoms with E-state index in [4.69, 9.17) is 23.2 Å². The molecule has 2 aromatic carbocycles. The van der Waals surface area contributed by atoms with Gasteiger partial charge in [0.05, 0.1) is 0 Å². The molecule has 0 radical (unpaired) electrons. The van der Waals surface area contributed by atoms with E-state index in [1.54, 1.807) is 0 Å². The maximum atomic E-state index is 6.20. The molecular formula is C16H17Cl2N. The lowest BCUT2D eigenvalue weighted by Crippen LogP contribution is -2.09. The number of aryl methyl sites for hydroxylation is 1. The average Bonchev–Trinajstić information content (AvgIpc) is 2.46. The molecule has 0 atom stereocenters. The largest absolute Gasteiger partial charge is 0.345 e. The van der Waals surface area contributed by atoms with Gasteiger partial charge in [0.2, 0.25) is 0 Å². The summed E-state index contributed by atoms with van der Waals surface area (Å²) in [6.07, 6.45) is 1.06. The summed E-state index contributed by atoms with van der Waals surface area (Å²) in [6, 6.07) is 14.5. The Kier molecular flexibility index (Phi) is 4.73. The minimum Gasteiger partial charge on any atom is -0.345 e. The normalized spacial score (nSPS) is 10.5. The lowest BCUT2D eigenvalue weighted by molar-refractivity contribution is 1.13. The molecule has 0 saturated carbocycles. The fourth-order valence-electron chi connectivity index (χ4n) is 1.96. The van der Waals surface area contributed by atoms with Gasteiger partial charge in [0.15, 0.2) is 0 Å². The third kappa shape index (κ3) is 3.23. The van der Waals surface area contributed by atoms with E-state index in [-0.39, 0.29) is 0 Å². The SMILES string of the molecule is CCc1ccc(N(C)c2ccc(CCl)c(Cl)c2)cc1. The molecule has 0 spiro atoms. The summed E-state index contributed by atoms with van der Waals surface area (Å²) in [5, 5.41) is 0.713. The Morgan fingerprint density at radius 2 is 1.63 bits per heavy atom. The van der Waals surface area contributed by atoms with Crippen LogP contribution in [0.2, 0.25) is 5.02 Å². The van der Waals surface area contributed by atoms with Gasteiger partial charge in [-0.2, -0.15) is 0 Å². The van der Waals surface area contributed by atoms with Crippen molar-refractivity contribution in [3.05, 3.63) is 58.6 Å². The summed E-state index contributed by atoms with van der Waals surface area (Å²) in [7, 11) is 2.03. The summed E-state index contributed by atoms with van der Waals surface area (Å²) in [5.41, 5.74) is 4.50. The van der Waals surface area contributed by atoms with E-state index in [1.165, 1.54) is 5.56 Å². The Balaban J connectivity index is 2.27. The monoisotopic (exact) mass is 293 g/mol. The number of alkyl halides is 1. The van der Waals surface area contributed by atoms with Crippen LogP contribution >= 0.6 is 23.2 Å². The van der Waals surface area contributed by atoms with Crippen molar-refractivity contribution >= 4 is 34.6 Å². The summed E-state index contributed by atoms with van der Waals surface area (Å²) < 4.78 is 0. The first-order chi connectivity index (χ1) is 9.15. The quantitative estimate of drug-likeness (QED) is 0.681. The van der Waals surface area contributed by atoms with Crippen molar-refractivity contribution in [3.63, 3.8) is 0 Å². The van der Waals surface area contributed by atoms with E-state index >= 15 is 0 Å². The van der Waals surface area contributed by atoms with Gasteiger partial charge in [0, 0.05) is 29.3 Å². The summed E-state index contributed by atoms with van der Waals surface area (Å²) >= 11 is 12.0. The van der Waals surface area contributed by atoms with Crippen LogP contribution in [-0.2, 0) is 12.3 Å². The zero-order valence-electron chi connectivity index (χ0n) is 11.2. The molecule has 2 aromatic rings. The first kappa shape index (κ1) is 14.2. The van der Waals surface area contributed by atoms with Gasteiger partial charge in [-0.25, -0.2) is 0 Å². The molecule has 1 nitrogen and oxygen atoms in total. The Bertz CT molecular complexity index is 549. The molecule has 0 aliphatic heterocycles. The van der Waals surface area contributed by atoms with E-state index < -0.39 is 0 Å². The average molecular weight is 294 g/mol. The standard InChI is InChI=1S/C16H17Cl2N/c1-3-12-4-7-14(8-5-12)19(2)15-9-6-13(11-17)16(18)10-15/h4-10H,3,11H2,1-2H3. The second-order valence-electron chi connectivity index (χ2n) is 4.49. The highest BCUT2D eigenvalue weighted by molar-refractivity contribution is 6.32. The fourth-order valence-corrected chi connectivity index (χ4v) is 2.50. The van der Waals surface area contributed by atoms with E-state index in [1.807, 2.05) is 25.2 Å². The molecular weight excluding hydrogens is 277 g/mol. The Morgan fingerprint density at radius 1 is 1.00 bits per heavy atom. The topological polar surface area (TPSA) is 3.24 Å². The van der Waals surface area contributed by atoms with Gasteiger partial charge in [-0.3, -0.25) is 0 Å². The van der Waals surface area contributed by atoms with Gasteiger partial charge in [0.25, 0.3) is 0 Å². The summed E-state index contributed by atoms with van der Waals surface area (Å²) in [5.74, 6) is 0.439. The predicted octanol–water partition coefficient (Wildman–Crippen LogP) is 5.41. The van der Waals surface area contributed by atoms with E-state index in [0.29, 0.717) is 10.9 Å². The molecule has 0 aliphatic rings. The number of anilines is 2.